The Balaban J connectivity index is 2.28. The average molecular weight is 125 g/mol. The van der Waals surface area contributed by atoms with E-state index in [1.165, 1.54) is 12.8 Å². The molecule has 0 aromatic carbocycles. The Morgan fingerprint density at radius 1 is 1.67 bits per heavy atom. The number of nitrogens with zero attached hydrogens (tertiary/aromatic N) is 1. The minimum Gasteiger partial charge on any atom is -0.491 e. The van der Waals surface area contributed by atoms with Gasteiger partial charge in [0.2, 0.25) is 0 Å². The number of hydrogen-bond donors (Lipinski definition) is 1. The van der Waals surface area contributed by atoms with Crippen molar-refractivity contribution in [2.24, 2.45) is 0 Å². The third-order valence-electron chi connectivity index (χ3n) is 1.50. The molecule has 3 nitrogen and oxygen atoms in total. The van der Waals surface area contributed by atoms with E-state index in [2.05, 4.69) is 5.16 Å². The fourth-order valence-electron chi connectivity index (χ4n) is 0.840. The van der Waals surface area contributed by atoms with Gasteiger partial charge in [0.25, 0.3) is 5.88 Å². The van der Waals surface area contributed by atoms with Crippen molar-refractivity contribution in [2.45, 2.75) is 18.8 Å². The standard InChI is InChI=1S/C6H7NO2/c8-6-3-5(9-7-6)4-1-2-4/h3-4H,1-2H2,(H,7,8). The van der Waals surface area contributed by atoms with Crippen LogP contribution in [0.25, 0.3) is 0 Å². The molecule has 1 aromatic heterocycles. The summed E-state index contributed by atoms with van der Waals surface area (Å²) in [5, 5.41) is 12.1. The smallest absolute Gasteiger partial charge is 0.251 e. The van der Waals surface area contributed by atoms with E-state index in [-0.39, 0.29) is 5.88 Å². The third-order valence-corrected chi connectivity index (χ3v) is 1.50. The zero-order chi connectivity index (χ0) is 6.27. The minimum absolute atomic E-state index is 0.00287. The van der Waals surface area contributed by atoms with Gasteiger partial charge in [0.05, 0.1) is 0 Å². The van der Waals surface area contributed by atoms with E-state index in [1.807, 2.05) is 0 Å². The Labute approximate surface area is 52.3 Å². The van der Waals surface area contributed by atoms with Gasteiger partial charge in [0.1, 0.15) is 5.76 Å². The monoisotopic (exact) mass is 125 g/mol. The van der Waals surface area contributed by atoms with Crippen molar-refractivity contribution in [2.75, 3.05) is 0 Å². The molecule has 0 spiro atoms. The Morgan fingerprint density at radius 2 is 2.44 bits per heavy atom. The molecule has 1 heterocycles. The Kier molecular flexibility index (Phi) is 0.806. The van der Waals surface area contributed by atoms with Gasteiger partial charge in [0, 0.05) is 12.0 Å². The molecule has 0 bridgehead atoms. The number of aromatic nitrogens is 1. The third kappa shape index (κ3) is 0.781. The number of hydrogen-bond acceptors (Lipinski definition) is 3. The lowest BCUT2D eigenvalue weighted by atomic mass is 10.3. The summed E-state index contributed by atoms with van der Waals surface area (Å²) in [5.41, 5.74) is 0. The summed E-state index contributed by atoms with van der Waals surface area (Å²) in [6.45, 7) is 0. The van der Waals surface area contributed by atoms with E-state index in [0.717, 1.165) is 5.76 Å². The van der Waals surface area contributed by atoms with Gasteiger partial charge in [-0.25, -0.2) is 0 Å². The molecule has 2 rings (SSSR count). The quantitative estimate of drug-likeness (QED) is 0.614. The zero-order valence-corrected chi connectivity index (χ0v) is 4.87. The summed E-state index contributed by atoms with van der Waals surface area (Å²) in [6.07, 6.45) is 2.35. The molecule has 0 radical (unpaired) electrons. The number of rotatable bonds is 1. The molecule has 48 valence electrons. The molecular formula is C6H7NO2. The minimum atomic E-state index is -0.00287. The van der Waals surface area contributed by atoms with Crippen LogP contribution >= 0.6 is 0 Å². The summed E-state index contributed by atoms with van der Waals surface area (Å²) < 4.78 is 4.79. The first-order valence-electron chi connectivity index (χ1n) is 3.02. The fraction of sp³-hybridized carbons (Fsp3) is 0.500. The van der Waals surface area contributed by atoms with Crippen molar-refractivity contribution in [1.29, 1.82) is 0 Å². The van der Waals surface area contributed by atoms with E-state index in [1.54, 1.807) is 6.07 Å². The van der Waals surface area contributed by atoms with Crippen LogP contribution in [0.2, 0.25) is 0 Å². The molecule has 0 unspecified atom stereocenters. The summed E-state index contributed by atoms with van der Waals surface area (Å²) >= 11 is 0. The van der Waals surface area contributed by atoms with Crippen LogP contribution in [-0.2, 0) is 0 Å². The van der Waals surface area contributed by atoms with Crippen LogP contribution in [0.3, 0.4) is 0 Å². The van der Waals surface area contributed by atoms with Crippen LogP contribution in [0.5, 0.6) is 5.88 Å². The van der Waals surface area contributed by atoms with Crippen molar-refractivity contribution < 1.29 is 9.63 Å². The molecule has 1 N–H and O–H groups in total. The second kappa shape index (κ2) is 1.50. The van der Waals surface area contributed by atoms with Gasteiger partial charge in [-0.3, -0.25) is 0 Å². The molecule has 0 aliphatic heterocycles. The zero-order valence-electron chi connectivity index (χ0n) is 4.87. The highest BCUT2D eigenvalue weighted by Gasteiger charge is 2.27. The molecule has 3 heteroatoms. The average Bonchev–Trinajstić information content (AvgIpc) is 2.58. The molecule has 0 saturated heterocycles. The lowest BCUT2D eigenvalue weighted by Gasteiger charge is -1.79. The molecule has 1 aliphatic rings. The first kappa shape index (κ1) is 4.85. The van der Waals surface area contributed by atoms with Crippen molar-refractivity contribution in [3.63, 3.8) is 0 Å². The second-order valence-electron chi connectivity index (χ2n) is 2.36. The normalized spacial score (nSPS) is 18.2. The molecule has 0 atom stereocenters. The van der Waals surface area contributed by atoms with Gasteiger partial charge in [0.15, 0.2) is 0 Å². The largest absolute Gasteiger partial charge is 0.491 e. The lowest BCUT2D eigenvalue weighted by Crippen LogP contribution is -1.67. The highest BCUT2D eigenvalue weighted by atomic mass is 16.5. The van der Waals surface area contributed by atoms with Gasteiger partial charge in [-0.2, -0.15) is 0 Å². The number of aromatic hydroxyl groups is 1. The van der Waals surface area contributed by atoms with Crippen LogP contribution in [0, 0.1) is 0 Å². The van der Waals surface area contributed by atoms with E-state index in [9.17, 15) is 0 Å². The van der Waals surface area contributed by atoms with Gasteiger partial charge >= 0.3 is 0 Å². The SMILES string of the molecule is Oc1cc(C2CC2)on1. The lowest BCUT2D eigenvalue weighted by molar-refractivity contribution is 0.342. The Morgan fingerprint density at radius 3 is 2.89 bits per heavy atom. The van der Waals surface area contributed by atoms with Crippen molar-refractivity contribution in [3.8, 4) is 5.88 Å². The van der Waals surface area contributed by atoms with E-state index >= 15 is 0 Å². The van der Waals surface area contributed by atoms with Gasteiger partial charge < -0.3 is 9.63 Å². The first-order chi connectivity index (χ1) is 4.36. The predicted octanol–water partition coefficient (Wildman–Crippen LogP) is 1.26. The van der Waals surface area contributed by atoms with E-state index in [4.69, 9.17) is 9.63 Å². The van der Waals surface area contributed by atoms with Crippen molar-refractivity contribution in [1.82, 2.24) is 5.16 Å². The molecule has 0 amide bonds. The molecular weight excluding hydrogens is 118 g/mol. The molecule has 9 heavy (non-hydrogen) atoms. The van der Waals surface area contributed by atoms with Gasteiger partial charge in [-0.1, -0.05) is 0 Å². The van der Waals surface area contributed by atoms with Crippen molar-refractivity contribution in [3.05, 3.63) is 11.8 Å². The summed E-state index contributed by atoms with van der Waals surface area (Å²) in [4.78, 5) is 0. The van der Waals surface area contributed by atoms with Crippen molar-refractivity contribution >= 4 is 0 Å². The summed E-state index contributed by atoms with van der Waals surface area (Å²) in [5.74, 6) is 1.36. The Hall–Kier alpha value is -0.990. The maximum Gasteiger partial charge on any atom is 0.251 e. The van der Waals surface area contributed by atoms with Crippen LogP contribution in [0.1, 0.15) is 24.5 Å². The highest BCUT2D eigenvalue weighted by molar-refractivity contribution is 5.16. The maximum absolute atomic E-state index is 8.72. The van der Waals surface area contributed by atoms with E-state index in [0.29, 0.717) is 5.92 Å². The fourth-order valence-corrected chi connectivity index (χ4v) is 0.840. The van der Waals surface area contributed by atoms with Crippen LogP contribution in [0.15, 0.2) is 10.6 Å². The predicted molar refractivity (Wildman–Crippen MR) is 30.1 cm³/mol. The van der Waals surface area contributed by atoms with Crippen LogP contribution < -0.4 is 0 Å². The van der Waals surface area contributed by atoms with Crippen LogP contribution in [-0.4, -0.2) is 10.3 Å². The van der Waals surface area contributed by atoms with E-state index < -0.39 is 0 Å². The molecule has 1 aromatic rings. The summed E-state index contributed by atoms with van der Waals surface area (Å²) in [6, 6.07) is 1.58. The Bertz CT molecular complexity index is 215. The first-order valence-corrected chi connectivity index (χ1v) is 3.02. The highest BCUT2D eigenvalue weighted by Crippen LogP contribution is 2.40. The van der Waals surface area contributed by atoms with Crippen LogP contribution in [0.4, 0.5) is 0 Å². The maximum atomic E-state index is 8.72. The topological polar surface area (TPSA) is 46.3 Å². The second-order valence-corrected chi connectivity index (χ2v) is 2.36. The van der Waals surface area contributed by atoms with Gasteiger partial charge in [-0.15, -0.1) is 0 Å². The summed E-state index contributed by atoms with van der Waals surface area (Å²) in [7, 11) is 0. The molecule has 1 saturated carbocycles. The molecule has 1 aliphatic carbocycles. The van der Waals surface area contributed by atoms with Gasteiger partial charge in [-0.05, 0) is 18.0 Å². The molecule has 1 fully saturated rings.